The molecular formula is C20H20N2O4. The van der Waals surface area contributed by atoms with Crippen molar-refractivity contribution in [3.8, 4) is 0 Å². The fraction of sp³-hybridized carbons (Fsp3) is 0.250. The number of hydrogen-bond donors (Lipinski definition) is 3. The van der Waals surface area contributed by atoms with Gasteiger partial charge in [0.25, 0.3) is 0 Å². The Labute approximate surface area is 150 Å². The summed E-state index contributed by atoms with van der Waals surface area (Å²) in [5.41, 5.74) is 8.02. The van der Waals surface area contributed by atoms with Crippen LogP contribution in [0.25, 0.3) is 27.9 Å². The van der Waals surface area contributed by atoms with Crippen molar-refractivity contribution < 1.29 is 19.7 Å². The van der Waals surface area contributed by atoms with Crippen LogP contribution >= 0.6 is 0 Å². The molecule has 3 atom stereocenters. The maximum Gasteiger partial charge on any atom is 0.241 e. The molecule has 26 heavy (non-hydrogen) atoms. The third-order valence-electron chi connectivity index (χ3n) is 4.85. The Bertz CT molecular complexity index is 1010. The lowest BCUT2D eigenvalue weighted by molar-refractivity contribution is -0.113. The maximum atomic E-state index is 11.0. The Kier molecular flexibility index (Phi) is 4.24. The van der Waals surface area contributed by atoms with Gasteiger partial charge < -0.3 is 25.3 Å². The van der Waals surface area contributed by atoms with E-state index in [-0.39, 0.29) is 12.8 Å². The Morgan fingerprint density at radius 2 is 2.00 bits per heavy atom. The lowest BCUT2D eigenvalue weighted by atomic mass is 10.1. The fourth-order valence-corrected chi connectivity index (χ4v) is 3.65. The van der Waals surface area contributed by atoms with E-state index in [2.05, 4.69) is 4.57 Å². The number of ether oxygens (including phenoxy) is 1. The zero-order chi connectivity index (χ0) is 18.3. The summed E-state index contributed by atoms with van der Waals surface area (Å²) in [5.74, 6) is -0.490. The molecule has 0 saturated carbocycles. The Hall–Kier alpha value is -2.67. The first-order chi connectivity index (χ1) is 12.6. The van der Waals surface area contributed by atoms with Crippen molar-refractivity contribution in [1.29, 1.82) is 0 Å². The number of para-hydroxylation sites is 1. The fourth-order valence-electron chi connectivity index (χ4n) is 3.65. The molecule has 1 fully saturated rings. The molecule has 1 aliphatic heterocycles. The van der Waals surface area contributed by atoms with E-state index in [1.807, 2.05) is 42.5 Å². The van der Waals surface area contributed by atoms with Gasteiger partial charge in [0.15, 0.2) is 0 Å². The van der Waals surface area contributed by atoms with E-state index in [1.165, 1.54) is 6.08 Å². The zero-order valence-electron chi connectivity index (χ0n) is 14.1. The van der Waals surface area contributed by atoms with Gasteiger partial charge >= 0.3 is 0 Å². The van der Waals surface area contributed by atoms with Gasteiger partial charge in [0.05, 0.1) is 23.7 Å². The second-order valence-corrected chi connectivity index (χ2v) is 6.51. The molecule has 4 rings (SSSR count). The molecule has 0 bridgehead atoms. The van der Waals surface area contributed by atoms with Crippen LogP contribution in [0, 0.1) is 0 Å². The van der Waals surface area contributed by atoms with E-state index >= 15 is 0 Å². The van der Waals surface area contributed by atoms with Gasteiger partial charge in [-0.15, -0.1) is 0 Å². The van der Waals surface area contributed by atoms with Crippen molar-refractivity contribution in [1.82, 2.24) is 4.57 Å². The Morgan fingerprint density at radius 3 is 2.73 bits per heavy atom. The number of aliphatic hydroxyl groups is 2. The van der Waals surface area contributed by atoms with E-state index in [0.29, 0.717) is 6.42 Å². The van der Waals surface area contributed by atoms with Gasteiger partial charge in [-0.05, 0) is 29.8 Å². The lowest BCUT2D eigenvalue weighted by Gasteiger charge is -2.16. The summed E-state index contributed by atoms with van der Waals surface area (Å²) in [4.78, 5) is 11.0. The van der Waals surface area contributed by atoms with Crippen LogP contribution in [0.2, 0.25) is 0 Å². The van der Waals surface area contributed by atoms with Crippen molar-refractivity contribution in [2.75, 3.05) is 6.61 Å². The first-order valence-electron chi connectivity index (χ1n) is 8.53. The van der Waals surface area contributed by atoms with Gasteiger partial charge in [-0.2, -0.15) is 0 Å². The van der Waals surface area contributed by atoms with Crippen molar-refractivity contribution in [3.63, 3.8) is 0 Å². The number of primary amides is 1. The average Bonchev–Trinajstić information content (AvgIpc) is 3.17. The van der Waals surface area contributed by atoms with E-state index < -0.39 is 18.1 Å². The monoisotopic (exact) mass is 352 g/mol. The van der Waals surface area contributed by atoms with Crippen LogP contribution in [0.5, 0.6) is 0 Å². The molecule has 6 heteroatoms. The van der Waals surface area contributed by atoms with Crippen LogP contribution in [0.4, 0.5) is 0 Å². The standard InChI is InChI=1S/C20H20N2O4/c21-19(25)8-6-12-5-7-16-14(9-12)13-3-1-2-4-15(13)22(16)20-10-17(24)18(11-23)26-20/h1-9,17-18,20,23-24H,10-11H2,(H2,21,25)/b8-6+/t17-,18-,20-/m1/s1. The third kappa shape index (κ3) is 2.78. The number of nitrogens with two attached hydrogens (primary N) is 1. The summed E-state index contributed by atoms with van der Waals surface area (Å²) >= 11 is 0. The van der Waals surface area contributed by atoms with Crippen molar-refractivity contribution >= 4 is 33.8 Å². The number of fused-ring (bicyclic) bond motifs is 3. The molecule has 1 amide bonds. The van der Waals surface area contributed by atoms with Crippen LogP contribution in [0.3, 0.4) is 0 Å². The minimum atomic E-state index is -0.695. The number of aliphatic hydroxyl groups excluding tert-OH is 2. The Morgan fingerprint density at radius 1 is 1.23 bits per heavy atom. The molecule has 1 saturated heterocycles. The van der Waals surface area contributed by atoms with Crippen LogP contribution in [0.1, 0.15) is 18.2 Å². The molecule has 134 valence electrons. The largest absolute Gasteiger partial charge is 0.394 e. The van der Waals surface area contributed by atoms with Crippen molar-refractivity contribution in [2.45, 2.75) is 24.9 Å². The topological polar surface area (TPSA) is 97.7 Å². The number of benzene rings is 2. The molecule has 0 unspecified atom stereocenters. The SMILES string of the molecule is NC(=O)/C=C/c1ccc2c(c1)c1ccccc1n2[C@H]1C[C@@H](O)[C@@H](CO)O1. The predicted molar refractivity (Wildman–Crippen MR) is 99.3 cm³/mol. The van der Waals surface area contributed by atoms with Crippen LogP contribution in [-0.4, -0.2) is 39.5 Å². The maximum absolute atomic E-state index is 11.0. The van der Waals surface area contributed by atoms with Gasteiger partial charge in [0.1, 0.15) is 12.3 Å². The van der Waals surface area contributed by atoms with Crippen LogP contribution in [0.15, 0.2) is 48.5 Å². The summed E-state index contributed by atoms with van der Waals surface area (Å²) in [6, 6.07) is 13.9. The average molecular weight is 352 g/mol. The predicted octanol–water partition coefficient (Wildman–Crippen LogP) is 1.93. The van der Waals surface area contributed by atoms with E-state index in [0.717, 1.165) is 27.4 Å². The molecular weight excluding hydrogens is 332 g/mol. The minimum absolute atomic E-state index is 0.211. The summed E-state index contributed by atoms with van der Waals surface area (Å²) < 4.78 is 7.94. The highest BCUT2D eigenvalue weighted by Gasteiger charge is 2.35. The minimum Gasteiger partial charge on any atom is -0.394 e. The van der Waals surface area contributed by atoms with Gasteiger partial charge in [0, 0.05) is 23.3 Å². The highest BCUT2D eigenvalue weighted by Crippen LogP contribution is 2.38. The summed E-state index contributed by atoms with van der Waals surface area (Å²) in [6.07, 6.45) is 1.82. The second-order valence-electron chi connectivity index (χ2n) is 6.51. The quantitative estimate of drug-likeness (QED) is 0.625. The zero-order valence-corrected chi connectivity index (χ0v) is 14.1. The summed E-state index contributed by atoms with van der Waals surface area (Å²) in [5, 5.41) is 21.6. The van der Waals surface area contributed by atoms with Crippen molar-refractivity contribution in [2.24, 2.45) is 5.73 Å². The van der Waals surface area contributed by atoms with Gasteiger partial charge in [0.2, 0.25) is 5.91 Å². The number of carbonyl (C=O) groups is 1. The summed E-state index contributed by atoms with van der Waals surface area (Å²) in [6.45, 7) is -0.211. The molecule has 0 radical (unpaired) electrons. The van der Waals surface area contributed by atoms with Gasteiger partial charge in [-0.25, -0.2) is 0 Å². The second kappa shape index (κ2) is 6.57. The Balaban J connectivity index is 1.88. The molecule has 0 aliphatic carbocycles. The van der Waals surface area contributed by atoms with Crippen LogP contribution < -0.4 is 5.73 Å². The molecule has 6 nitrogen and oxygen atoms in total. The third-order valence-corrected chi connectivity index (χ3v) is 4.85. The smallest absolute Gasteiger partial charge is 0.241 e. The molecule has 2 aromatic carbocycles. The normalized spacial score (nSPS) is 23.4. The highest BCUT2D eigenvalue weighted by atomic mass is 16.5. The molecule has 1 aliphatic rings. The van der Waals surface area contributed by atoms with Crippen molar-refractivity contribution in [3.05, 3.63) is 54.1 Å². The number of amides is 1. The van der Waals surface area contributed by atoms with Gasteiger partial charge in [-0.3, -0.25) is 4.79 Å². The van der Waals surface area contributed by atoms with Crippen LogP contribution in [-0.2, 0) is 9.53 Å². The number of rotatable bonds is 4. The first kappa shape index (κ1) is 16.8. The summed E-state index contributed by atoms with van der Waals surface area (Å²) in [7, 11) is 0. The molecule has 2 heterocycles. The van der Waals surface area contributed by atoms with E-state index in [4.69, 9.17) is 10.5 Å². The van der Waals surface area contributed by atoms with Gasteiger partial charge in [-0.1, -0.05) is 24.3 Å². The van der Waals surface area contributed by atoms with E-state index in [1.54, 1.807) is 6.08 Å². The molecule has 0 spiro atoms. The molecule has 1 aromatic heterocycles. The number of nitrogens with zero attached hydrogens (tertiary/aromatic N) is 1. The number of carbonyl (C=O) groups excluding carboxylic acids is 1. The number of aromatic nitrogens is 1. The molecule has 3 aromatic rings. The number of hydrogen-bond acceptors (Lipinski definition) is 4. The van der Waals surface area contributed by atoms with E-state index in [9.17, 15) is 15.0 Å². The lowest BCUT2D eigenvalue weighted by Crippen LogP contribution is -2.24. The highest BCUT2D eigenvalue weighted by molar-refractivity contribution is 6.09. The first-order valence-corrected chi connectivity index (χ1v) is 8.53. The molecule has 4 N–H and O–H groups in total.